The Balaban J connectivity index is 2.88. The monoisotopic (exact) mass is 177 g/mol. The van der Waals surface area contributed by atoms with Crippen molar-refractivity contribution in [2.75, 3.05) is 6.54 Å². The van der Waals surface area contributed by atoms with Crippen molar-refractivity contribution in [2.24, 2.45) is 5.73 Å². The molecule has 0 aromatic heterocycles. The molecule has 0 aliphatic carbocycles. The first-order valence-electron chi connectivity index (χ1n) is 4.92. The number of rotatable bonds is 3. The van der Waals surface area contributed by atoms with Gasteiger partial charge in [-0.05, 0) is 43.9 Å². The van der Waals surface area contributed by atoms with Crippen molar-refractivity contribution < 1.29 is 0 Å². The van der Waals surface area contributed by atoms with E-state index in [1.807, 2.05) is 0 Å². The van der Waals surface area contributed by atoms with Crippen LogP contribution >= 0.6 is 0 Å². The lowest BCUT2D eigenvalue weighted by Crippen LogP contribution is -2.05. The molecule has 0 heterocycles. The van der Waals surface area contributed by atoms with Gasteiger partial charge in [0.1, 0.15) is 0 Å². The second-order valence-electron chi connectivity index (χ2n) is 3.84. The molecule has 1 unspecified atom stereocenters. The molecule has 0 amide bonds. The lowest BCUT2D eigenvalue weighted by atomic mass is 9.93. The van der Waals surface area contributed by atoms with Gasteiger partial charge in [-0.1, -0.05) is 30.7 Å². The summed E-state index contributed by atoms with van der Waals surface area (Å²) in [7, 11) is 0. The molecule has 1 heteroatoms. The molecule has 1 aromatic carbocycles. The van der Waals surface area contributed by atoms with Gasteiger partial charge < -0.3 is 5.73 Å². The Morgan fingerprint density at radius 3 is 2.54 bits per heavy atom. The summed E-state index contributed by atoms with van der Waals surface area (Å²) < 4.78 is 0. The number of nitrogens with two attached hydrogens (primary N) is 1. The molecule has 13 heavy (non-hydrogen) atoms. The Hall–Kier alpha value is -0.820. The molecular weight excluding hydrogens is 158 g/mol. The van der Waals surface area contributed by atoms with E-state index < -0.39 is 0 Å². The summed E-state index contributed by atoms with van der Waals surface area (Å²) in [6, 6.07) is 6.64. The maximum Gasteiger partial charge on any atom is -0.00715 e. The van der Waals surface area contributed by atoms with Gasteiger partial charge in [-0.25, -0.2) is 0 Å². The lowest BCUT2D eigenvalue weighted by molar-refractivity contribution is 0.686. The molecule has 0 saturated carbocycles. The average molecular weight is 177 g/mol. The fourth-order valence-electron chi connectivity index (χ4n) is 1.78. The Morgan fingerprint density at radius 2 is 2.00 bits per heavy atom. The van der Waals surface area contributed by atoms with Crippen molar-refractivity contribution in [1.82, 2.24) is 0 Å². The first-order chi connectivity index (χ1) is 6.15. The molecule has 0 bridgehead atoms. The van der Waals surface area contributed by atoms with Gasteiger partial charge in [-0.2, -0.15) is 0 Å². The van der Waals surface area contributed by atoms with Crippen molar-refractivity contribution in [3.05, 3.63) is 34.9 Å². The van der Waals surface area contributed by atoms with Crippen molar-refractivity contribution in [3.8, 4) is 0 Å². The predicted molar refractivity (Wildman–Crippen MR) is 58.0 cm³/mol. The van der Waals surface area contributed by atoms with E-state index in [0.29, 0.717) is 5.92 Å². The SMILES string of the molecule is Cc1ccc(C(C)CCN)c(C)c1. The molecule has 72 valence electrons. The van der Waals surface area contributed by atoms with E-state index >= 15 is 0 Å². The second kappa shape index (κ2) is 4.43. The zero-order valence-electron chi connectivity index (χ0n) is 8.80. The van der Waals surface area contributed by atoms with E-state index in [2.05, 4.69) is 39.0 Å². The minimum absolute atomic E-state index is 0.589. The highest BCUT2D eigenvalue weighted by Crippen LogP contribution is 2.22. The van der Waals surface area contributed by atoms with Gasteiger partial charge in [-0.15, -0.1) is 0 Å². The van der Waals surface area contributed by atoms with Gasteiger partial charge in [0, 0.05) is 0 Å². The number of benzene rings is 1. The number of hydrogen-bond acceptors (Lipinski definition) is 1. The van der Waals surface area contributed by atoms with Crippen molar-refractivity contribution in [1.29, 1.82) is 0 Å². The normalized spacial score (nSPS) is 12.9. The van der Waals surface area contributed by atoms with Crippen LogP contribution in [-0.2, 0) is 0 Å². The Morgan fingerprint density at radius 1 is 1.31 bits per heavy atom. The minimum Gasteiger partial charge on any atom is -0.330 e. The highest BCUT2D eigenvalue weighted by molar-refractivity contribution is 5.32. The first-order valence-corrected chi connectivity index (χ1v) is 4.92. The second-order valence-corrected chi connectivity index (χ2v) is 3.84. The maximum atomic E-state index is 5.55. The van der Waals surface area contributed by atoms with Crippen LogP contribution in [0.2, 0.25) is 0 Å². The Kier molecular flexibility index (Phi) is 3.49. The summed E-state index contributed by atoms with van der Waals surface area (Å²) in [6.07, 6.45) is 1.07. The summed E-state index contributed by atoms with van der Waals surface area (Å²) in [6.45, 7) is 7.32. The van der Waals surface area contributed by atoms with E-state index in [0.717, 1.165) is 13.0 Å². The largest absolute Gasteiger partial charge is 0.330 e. The van der Waals surface area contributed by atoms with E-state index in [4.69, 9.17) is 5.73 Å². The molecular formula is C12H19N. The number of hydrogen-bond donors (Lipinski definition) is 1. The van der Waals surface area contributed by atoms with Crippen molar-refractivity contribution in [3.63, 3.8) is 0 Å². The van der Waals surface area contributed by atoms with E-state index in [-0.39, 0.29) is 0 Å². The molecule has 0 aliphatic heterocycles. The minimum atomic E-state index is 0.589. The van der Waals surface area contributed by atoms with Gasteiger partial charge in [0.25, 0.3) is 0 Å². The molecule has 1 aromatic rings. The highest BCUT2D eigenvalue weighted by Gasteiger charge is 2.06. The van der Waals surface area contributed by atoms with Crippen LogP contribution in [0.1, 0.15) is 36.0 Å². The Bertz CT molecular complexity index is 278. The van der Waals surface area contributed by atoms with Gasteiger partial charge in [-0.3, -0.25) is 0 Å². The van der Waals surface area contributed by atoms with E-state index in [9.17, 15) is 0 Å². The molecule has 0 fully saturated rings. The van der Waals surface area contributed by atoms with Crippen LogP contribution in [-0.4, -0.2) is 6.54 Å². The maximum absolute atomic E-state index is 5.55. The van der Waals surface area contributed by atoms with Crippen LogP contribution in [0.5, 0.6) is 0 Å². The fraction of sp³-hybridized carbons (Fsp3) is 0.500. The quantitative estimate of drug-likeness (QED) is 0.755. The van der Waals surface area contributed by atoms with Crippen LogP contribution in [0, 0.1) is 13.8 Å². The van der Waals surface area contributed by atoms with Gasteiger partial charge in [0.2, 0.25) is 0 Å². The van der Waals surface area contributed by atoms with Gasteiger partial charge in [0.05, 0.1) is 0 Å². The van der Waals surface area contributed by atoms with Crippen LogP contribution < -0.4 is 5.73 Å². The summed E-state index contributed by atoms with van der Waals surface area (Å²) in [4.78, 5) is 0. The molecule has 2 N–H and O–H groups in total. The summed E-state index contributed by atoms with van der Waals surface area (Å²) in [5.41, 5.74) is 9.71. The molecule has 1 atom stereocenters. The molecule has 1 rings (SSSR count). The first kappa shape index (κ1) is 10.3. The summed E-state index contributed by atoms with van der Waals surface area (Å²) in [5.74, 6) is 0.589. The van der Waals surface area contributed by atoms with Gasteiger partial charge in [0.15, 0.2) is 0 Å². The van der Waals surface area contributed by atoms with E-state index in [1.165, 1.54) is 16.7 Å². The predicted octanol–water partition coefficient (Wildman–Crippen LogP) is 2.76. The molecule has 0 spiro atoms. The van der Waals surface area contributed by atoms with Gasteiger partial charge >= 0.3 is 0 Å². The molecule has 0 aliphatic rings. The van der Waals surface area contributed by atoms with Crippen molar-refractivity contribution in [2.45, 2.75) is 33.1 Å². The summed E-state index contributed by atoms with van der Waals surface area (Å²) >= 11 is 0. The zero-order valence-corrected chi connectivity index (χ0v) is 8.80. The zero-order chi connectivity index (χ0) is 9.84. The molecule has 0 saturated heterocycles. The standard InChI is InChI=1S/C12H19N/c1-9-4-5-12(11(3)8-9)10(2)6-7-13/h4-5,8,10H,6-7,13H2,1-3H3. The van der Waals surface area contributed by atoms with Crippen LogP contribution in [0.25, 0.3) is 0 Å². The lowest BCUT2D eigenvalue weighted by Gasteiger charge is -2.13. The summed E-state index contributed by atoms with van der Waals surface area (Å²) in [5, 5.41) is 0. The highest BCUT2D eigenvalue weighted by atomic mass is 14.5. The third kappa shape index (κ3) is 2.56. The smallest absolute Gasteiger partial charge is 0.00715 e. The molecule has 0 radical (unpaired) electrons. The molecule has 1 nitrogen and oxygen atoms in total. The third-order valence-electron chi connectivity index (χ3n) is 2.56. The van der Waals surface area contributed by atoms with Crippen LogP contribution in [0.3, 0.4) is 0 Å². The Labute approximate surface area is 81.0 Å². The van der Waals surface area contributed by atoms with Crippen molar-refractivity contribution >= 4 is 0 Å². The average Bonchev–Trinajstić information content (AvgIpc) is 2.04. The number of aryl methyl sites for hydroxylation is 2. The topological polar surface area (TPSA) is 26.0 Å². The van der Waals surface area contributed by atoms with E-state index in [1.54, 1.807) is 0 Å². The third-order valence-corrected chi connectivity index (χ3v) is 2.56. The van der Waals surface area contributed by atoms with Crippen LogP contribution in [0.15, 0.2) is 18.2 Å². The van der Waals surface area contributed by atoms with Crippen LogP contribution in [0.4, 0.5) is 0 Å². The fourth-order valence-corrected chi connectivity index (χ4v) is 1.78.